The molecule has 0 amide bonds. The fraction of sp³-hybridized carbons (Fsp3) is 0.471. The summed E-state index contributed by atoms with van der Waals surface area (Å²) in [5.41, 5.74) is 1.38. The van der Waals surface area contributed by atoms with Crippen LogP contribution in [0.15, 0.2) is 30.3 Å². The summed E-state index contributed by atoms with van der Waals surface area (Å²) >= 11 is 0. The third-order valence-corrected chi connectivity index (χ3v) is 3.91. The van der Waals surface area contributed by atoms with E-state index in [4.69, 9.17) is 6.42 Å². The largest absolute Gasteiger partial charge is 0.299 e. The first kappa shape index (κ1) is 12.9. The Morgan fingerprint density at radius 3 is 2.78 bits per heavy atom. The van der Waals surface area contributed by atoms with Crippen molar-refractivity contribution in [1.29, 1.82) is 0 Å². The predicted octanol–water partition coefficient (Wildman–Crippen LogP) is 3.94. The van der Waals surface area contributed by atoms with Gasteiger partial charge in [-0.25, -0.2) is 0 Å². The van der Waals surface area contributed by atoms with E-state index in [9.17, 15) is 4.79 Å². The van der Waals surface area contributed by atoms with Gasteiger partial charge in [-0.05, 0) is 37.2 Å². The van der Waals surface area contributed by atoms with E-state index in [2.05, 4.69) is 30.2 Å². The number of hydrogen-bond acceptors (Lipinski definition) is 1. The molecule has 1 heteroatoms. The smallest absolute Gasteiger partial charge is 0.136 e. The van der Waals surface area contributed by atoms with Crippen molar-refractivity contribution < 1.29 is 4.79 Å². The Morgan fingerprint density at radius 1 is 1.28 bits per heavy atom. The second-order valence-corrected chi connectivity index (χ2v) is 5.14. The van der Waals surface area contributed by atoms with Gasteiger partial charge in [-0.2, -0.15) is 0 Å². The van der Waals surface area contributed by atoms with E-state index in [1.165, 1.54) is 5.56 Å². The molecule has 1 aromatic carbocycles. The lowest BCUT2D eigenvalue weighted by atomic mass is 9.75. The van der Waals surface area contributed by atoms with Gasteiger partial charge in [-0.3, -0.25) is 4.79 Å². The molecular weight excluding hydrogens is 220 g/mol. The molecule has 0 bridgehead atoms. The molecule has 0 N–H and O–H groups in total. The molecule has 1 aromatic rings. The third-order valence-electron chi connectivity index (χ3n) is 3.91. The number of Topliss-reactive ketones (excluding diaryl/α,β-unsaturated/α-hetero) is 1. The number of terminal acetylenes is 1. The van der Waals surface area contributed by atoms with Gasteiger partial charge in [0.2, 0.25) is 0 Å². The van der Waals surface area contributed by atoms with Crippen LogP contribution in [0.25, 0.3) is 0 Å². The van der Waals surface area contributed by atoms with Crippen LogP contribution in [0, 0.1) is 18.3 Å². The van der Waals surface area contributed by atoms with Crippen LogP contribution in [-0.2, 0) is 4.79 Å². The number of unbranched alkanes of at least 4 members (excludes halogenated alkanes) is 1. The topological polar surface area (TPSA) is 17.1 Å². The molecule has 2 unspecified atom stereocenters. The van der Waals surface area contributed by atoms with Crippen LogP contribution in [0.4, 0.5) is 0 Å². The summed E-state index contributed by atoms with van der Waals surface area (Å²) in [5.74, 6) is 3.89. The standard InChI is InChI=1S/C17H20O/c1-2-3-5-10-16-13-15(11-12-17(16)18)14-8-6-4-7-9-14/h1,4,6-9,15-16H,3,5,10-13H2. The van der Waals surface area contributed by atoms with Crippen molar-refractivity contribution in [2.45, 2.75) is 44.4 Å². The van der Waals surface area contributed by atoms with Crippen molar-refractivity contribution in [2.75, 3.05) is 0 Å². The normalized spacial score (nSPS) is 23.6. The molecule has 0 saturated heterocycles. The summed E-state index contributed by atoms with van der Waals surface area (Å²) in [4.78, 5) is 11.9. The molecule has 1 aliphatic rings. The van der Waals surface area contributed by atoms with Crippen molar-refractivity contribution in [3.63, 3.8) is 0 Å². The lowest BCUT2D eigenvalue weighted by Gasteiger charge is -2.28. The van der Waals surface area contributed by atoms with Crippen LogP contribution in [0.2, 0.25) is 0 Å². The lowest BCUT2D eigenvalue weighted by Crippen LogP contribution is -2.23. The van der Waals surface area contributed by atoms with Gasteiger partial charge in [-0.15, -0.1) is 12.3 Å². The highest BCUT2D eigenvalue weighted by Crippen LogP contribution is 2.36. The first-order valence-electron chi connectivity index (χ1n) is 6.82. The Balaban J connectivity index is 1.96. The SMILES string of the molecule is C#CCCCC1CC(c2ccccc2)CCC1=O. The van der Waals surface area contributed by atoms with Crippen LogP contribution in [-0.4, -0.2) is 5.78 Å². The highest BCUT2D eigenvalue weighted by Gasteiger charge is 2.28. The molecule has 0 radical (unpaired) electrons. The molecule has 1 nitrogen and oxygen atoms in total. The van der Waals surface area contributed by atoms with Crippen LogP contribution in [0.5, 0.6) is 0 Å². The Kier molecular flexibility index (Phi) is 4.59. The Morgan fingerprint density at radius 2 is 2.06 bits per heavy atom. The van der Waals surface area contributed by atoms with Gasteiger partial charge in [0.25, 0.3) is 0 Å². The fourth-order valence-electron chi connectivity index (χ4n) is 2.87. The van der Waals surface area contributed by atoms with Crippen LogP contribution >= 0.6 is 0 Å². The van der Waals surface area contributed by atoms with Gasteiger partial charge >= 0.3 is 0 Å². The molecule has 0 heterocycles. The zero-order valence-electron chi connectivity index (χ0n) is 10.8. The van der Waals surface area contributed by atoms with E-state index < -0.39 is 0 Å². The Labute approximate surface area is 110 Å². The van der Waals surface area contributed by atoms with Gasteiger partial charge < -0.3 is 0 Å². The van der Waals surface area contributed by atoms with Gasteiger partial charge in [0.05, 0.1) is 0 Å². The molecule has 0 spiro atoms. The first-order valence-corrected chi connectivity index (χ1v) is 6.82. The molecule has 0 aromatic heterocycles. The molecule has 1 fully saturated rings. The van der Waals surface area contributed by atoms with Crippen LogP contribution in [0.1, 0.15) is 50.0 Å². The summed E-state index contributed by atoms with van der Waals surface area (Å²) in [5, 5.41) is 0. The Bertz CT molecular complexity index is 427. The quantitative estimate of drug-likeness (QED) is 0.575. The zero-order valence-corrected chi connectivity index (χ0v) is 10.8. The van der Waals surface area contributed by atoms with E-state index in [0.29, 0.717) is 11.7 Å². The average molecular weight is 240 g/mol. The lowest BCUT2D eigenvalue weighted by molar-refractivity contribution is -0.125. The summed E-state index contributed by atoms with van der Waals surface area (Å²) in [7, 11) is 0. The summed E-state index contributed by atoms with van der Waals surface area (Å²) < 4.78 is 0. The fourth-order valence-corrected chi connectivity index (χ4v) is 2.87. The van der Waals surface area contributed by atoms with E-state index >= 15 is 0 Å². The monoisotopic (exact) mass is 240 g/mol. The highest BCUT2D eigenvalue weighted by molar-refractivity contribution is 5.82. The summed E-state index contributed by atoms with van der Waals surface area (Å²) in [6.45, 7) is 0. The van der Waals surface area contributed by atoms with Gasteiger partial charge in [0.1, 0.15) is 5.78 Å². The third kappa shape index (κ3) is 3.23. The van der Waals surface area contributed by atoms with E-state index in [-0.39, 0.29) is 5.92 Å². The summed E-state index contributed by atoms with van der Waals surface area (Å²) in [6.07, 6.45) is 10.8. The molecule has 18 heavy (non-hydrogen) atoms. The number of carbonyl (C=O) groups is 1. The number of rotatable bonds is 4. The minimum absolute atomic E-state index is 0.234. The summed E-state index contributed by atoms with van der Waals surface area (Å²) in [6, 6.07) is 10.6. The maximum atomic E-state index is 11.9. The minimum Gasteiger partial charge on any atom is -0.299 e. The number of ketones is 1. The van der Waals surface area contributed by atoms with Crippen molar-refractivity contribution in [2.24, 2.45) is 5.92 Å². The van der Waals surface area contributed by atoms with Crippen LogP contribution in [0.3, 0.4) is 0 Å². The molecule has 2 rings (SSSR count). The van der Waals surface area contributed by atoms with Gasteiger partial charge in [0.15, 0.2) is 0 Å². The molecule has 0 aliphatic heterocycles. The molecule has 1 saturated carbocycles. The van der Waals surface area contributed by atoms with Gasteiger partial charge in [-0.1, -0.05) is 30.3 Å². The highest BCUT2D eigenvalue weighted by atomic mass is 16.1. The van der Waals surface area contributed by atoms with Crippen molar-refractivity contribution in [3.8, 4) is 12.3 Å². The van der Waals surface area contributed by atoms with E-state index in [0.717, 1.165) is 38.5 Å². The Hall–Kier alpha value is -1.55. The van der Waals surface area contributed by atoms with Crippen LogP contribution < -0.4 is 0 Å². The van der Waals surface area contributed by atoms with Crippen molar-refractivity contribution in [1.82, 2.24) is 0 Å². The molecule has 1 aliphatic carbocycles. The maximum absolute atomic E-state index is 11.9. The maximum Gasteiger partial charge on any atom is 0.136 e. The minimum atomic E-state index is 0.234. The zero-order chi connectivity index (χ0) is 12.8. The number of carbonyl (C=O) groups excluding carboxylic acids is 1. The predicted molar refractivity (Wildman–Crippen MR) is 74.2 cm³/mol. The second-order valence-electron chi connectivity index (χ2n) is 5.14. The van der Waals surface area contributed by atoms with E-state index in [1.807, 2.05) is 6.07 Å². The average Bonchev–Trinajstić information content (AvgIpc) is 2.42. The van der Waals surface area contributed by atoms with E-state index in [1.54, 1.807) is 0 Å². The number of hydrogen-bond donors (Lipinski definition) is 0. The van der Waals surface area contributed by atoms with Gasteiger partial charge in [0, 0.05) is 18.8 Å². The molecular formula is C17H20O. The van der Waals surface area contributed by atoms with Crippen molar-refractivity contribution >= 4 is 5.78 Å². The second kappa shape index (κ2) is 6.40. The van der Waals surface area contributed by atoms with Crippen molar-refractivity contribution in [3.05, 3.63) is 35.9 Å². The molecule has 94 valence electrons. The molecule has 2 atom stereocenters. The number of benzene rings is 1. The first-order chi connectivity index (χ1) is 8.81.